The lowest BCUT2D eigenvalue weighted by atomic mass is 10.1. The summed E-state index contributed by atoms with van der Waals surface area (Å²) in [5, 5.41) is 16.1. The summed E-state index contributed by atoms with van der Waals surface area (Å²) in [6.07, 6.45) is 0. The second-order valence-electron chi connectivity index (χ2n) is 6.91. The van der Waals surface area contributed by atoms with Gasteiger partial charge in [0.15, 0.2) is 0 Å². The Kier molecular flexibility index (Phi) is 5.37. The van der Waals surface area contributed by atoms with Crippen molar-refractivity contribution in [2.45, 2.75) is 31.7 Å². The topological polar surface area (TPSA) is 103 Å². The van der Waals surface area contributed by atoms with Gasteiger partial charge in [-0.05, 0) is 65.2 Å². The van der Waals surface area contributed by atoms with Crippen molar-refractivity contribution in [3.8, 4) is 5.69 Å². The molecule has 0 aliphatic heterocycles. The Balaban J connectivity index is 1.63. The van der Waals surface area contributed by atoms with Gasteiger partial charge in [0.2, 0.25) is 11.1 Å². The summed E-state index contributed by atoms with van der Waals surface area (Å²) in [6, 6.07) is 12.7. The van der Waals surface area contributed by atoms with Crippen LogP contribution in [0.2, 0.25) is 0 Å². The van der Waals surface area contributed by atoms with Gasteiger partial charge in [0, 0.05) is 35.9 Å². The van der Waals surface area contributed by atoms with Crippen LogP contribution in [0.1, 0.15) is 23.6 Å². The Labute approximate surface area is 176 Å². The van der Waals surface area contributed by atoms with E-state index in [0.717, 1.165) is 22.2 Å². The molecule has 4 aromatic rings. The number of carbonyl (C=O) groups is 1. The van der Waals surface area contributed by atoms with E-state index < -0.39 is 5.63 Å². The van der Waals surface area contributed by atoms with Gasteiger partial charge in [0.1, 0.15) is 5.58 Å². The summed E-state index contributed by atoms with van der Waals surface area (Å²) in [4.78, 5) is 23.3. The molecule has 0 spiro atoms. The van der Waals surface area contributed by atoms with E-state index in [0.29, 0.717) is 22.2 Å². The fraction of sp³-hybridized carbons (Fsp3) is 0.190. The Bertz CT molecular complexity index is 1310. The average molecular weight is 421 g/mol. The minimum Gasteiger partial charge on any atom is -0.423 e. The van der Waals surface area contributed by atoms with E-state index in [2.05, 4.69) is 27.8 Å². The highest BCUT2D eigenvalue weighted by Crippen LogP contribution is 2.28. The van der Waals surface area contributed by atoms with Crippen molar-refractivity contribution in [2.24, 2.45) is 0 Å². The van der Waals surface area contributed by atoms with E-state index in [-0.39, 0.29) is 5.91 Å². The van der Waals surface area contributed by atoms with Crippen molar-refractivity contribution in [3.05, 3.63) is 69.6 Å². The molecule has 0 bridgehead atoms. The molecule has 0 unspecified atom stereocenters. The third kappa shape index (κ3) is 4.11. The molecule has 0 saturated heterocycles. The number of tetrazole rings is 1. The van der Waals surface area contributed by atoms with E-state index in [9.17, 15) is 9.59 Å². The number of benzene rings is 2. The molecule has 1 N–H and O–H groups in total. The van der Waals surface area contributed by atoms with Gasteiger partial charge >= 0.3 is 5.63 Å². The molecule has 0 saturated carbocycles. The molecule has 152 valence electrons. The van der Waals surface area contributed by atoms with E-state index in [1.165, 1.54) is 30.3 Å². The second kappa shape index (κ2) is 8.11. The fourth-order valence-electron chi connectivity index (χ4n) is 3.06. The third-order valence-electron chi connectivity index (χ3n) is 4.68. The van der Waals surface area contributed by atoms with E-state index in [1.54, 1.807) is 16.8 Å². The van der Waals surface area contributed by atoms with Crippen molar-refractivity contribution < 1.29 is 9.21 Å². The largest absolute Gasteiger partial charge is 0.423 e. The number of nitrogens with zero attached hydrogens (tertiary/aromatic N) is 4. The van der Waals surface area contributed by atoms with Gasteiger partial charge < -0.3 is 9.73 Å². The number of aromatic nitrogens is 4. The summed E-state index contributed by atoms with van der Waals surface area (Å²) in [7, 11) is 0. The lowest BCUT2D eigenvalue weighted by Crippen LogP contribution is -2.06. The Hall–Kier alpha value is -3.46. The molecule has 0 aliphatic carbocycles. The second-order valence-corrected chi connectivity index (χ2v) is 7.86. The van der Waals surface area contributed by atoms with Crippen LogP contribution >= 0.6 is 11.8 Å². The fourth-order valence-corrected chi connectivity index (χ4v) is 3.94. The van der Waals surface area contributed by atoms with Crippen LogP contribution < -0.4 is 10.9 Å². The zero-order valence-corrected chi connectivity index (χ0v) is 17.5. The first-order valence-electron chi connectivity index (χ1n) is 9.24. The molecule has 30 heavy (non-hydrogen) atoms. The molecule has 0 radical (unpaired) electrons. The summed E-state index contributed by atoms with van der Waals surface area (Å²) in [5.74, 6) is 0.286. The lowest BCUT2D eigenvalue weighted by molar-refractivity contribution is -0.114. The smallest absolute Gasteiger partial charge is 0.336 e. The number of fused-ring (bicyclic) bond motifs is 1. The predicted octanol–water partition coefficient (Wildman–Crippen LogP) is 3.64. The monoisotopic (exact) mass is 421 g/mol. The normalized spacial score (nSPS) is 11.0. The quantitative estimate of drug-likeness (QED) is 0.388. The van der Waals surface area contributed by atoms with Gasteiger partial charge in [-0.15, -0.1) is 5.10 Å². The molecule has 4 rings (SSSR count). The maximum atomic E-state index is 12.0. The van der Waals surface area contributed by atoms with Crippen LogP contribution in [0, 0.1) is 13.8 Å². The highest BCUT2D eigenvalue weighted by molar-refractivity contribution is 7.98. The Morgan fingerprint density at radius 1 is 1.13 bits per heavy atom. The van der Waals surface area contributed by atoms with Gasteiger partial charge in [0.25, 0.3) is 0 Å². The summed E-state index contributed by atoms with van der Waals surface area (Å²) in [5.41, 5.74) is 4.56. The molecular weight excluding hydrogens is 402 g/mol. The van der Waals surface area contributed by atoms with Crippen molar-refractivity contribution in [1.29, 1.82) is 0 Å². The van der Waals surface area contributed by atoms with Crippen LogP contribution in [0.5, 0.6) is 0 Å². The molecule has 2 heterocycles. The van der Waals surface area contributed by atoms with Crippen LogP contribution in [0.25, 0.3) is 16.7 Å². The zero-order chi connectivity index (χ0) is 21.3. The lowest BCUT2D eigenvalue weighted by Gasteiger charge is -2.09. The van der Waals surface area contributed by atoms with Gasteiger partial charge in [0.05, 0.1) is 5.69 Å². The van der Waals surface area contributed by atoms with E-state index in [1.807, 2.05) is 31.2 Å². The van der Waals surface area contributed by atoms with Gasteiger partial charge in [-0.2, -0.15) is 4.68 Å². The summed E-state index contributed by atoms with van der Waals surface area (Å²) < 4.78 is 7.00. The number of hydrogen-bond acceptors (Lipinski definition) is 7. The number of thioether (sulfide) groups is 1. The van der Waals surface area contributed by atoms with Crippen LogP contribution in [-0.2, 0) is 10.5 Å². The van der Waals surface area contributed by atoms with Crippen LogP contribution in [0.15, 0.2) is 56.8 Å². The molecule has 0 atom stereocenters. The van der Waals surface area contributed by atoms with Crippen LogP contribution in [0.4, 0.5) is 5.69 Å². The molecule has 0 aliphatic rings. The average Bonchev–Trinajstić information content (AvgIpc) is 3.16. The van der Waals surface area contributed by atoms with E-state index >= 15 is 0 Å². The molecule has 9 heteroatoms. The number of nitrogens with one attached hydrogen (secondary N) is 1. The predicted molar refractivity (Wildman–Crippen MR) is 115 cm³/mol. The zero-order valence-electron chi connectivity index (χ0n) is 16.7. The number of amides is 1. The number of rotatable bonds is 5. The van der Waals surface area contributed by atoms with Gasteiger partial charge in [-0.3, -0.25) is 4.79 Å². The molecular formula is C21H19N5O3S. The van der Waals surface area contributed by atoms with Crippen molar-refractivity contribution in [1.82, 2.24) is 20.2 Å². The summed E-state index contributed by atoms with van der Waals surface area (Å²) >= 11 is 1.43. The highest BCUT2D eigenvalue weighted by atomic mass is 32.2. The first-order valence-corrected chi connectivity index (χ1v) is 10.2. The summed E-state index contributed by atoms with van der Waals surface area (Å²) in [6.45, 7) is 5.52. The van der Waals surface area contributed by atoms with Crippen LogP contribution in [0.3, 0.4) is 0 Å². The molecule has 0 fully saturated rings. The SMILES string of the molecule is CC(=O)Nc1ccc2c(CSc3nnnn3-c3ccc(C)c(C)c3)cc(=O)oc2c1. The van der Waals surface area contributed by atoms with E-state index in [4.69, 9.17) is 4.42 Å². The van der Waals surface area contributed by atoms with Gasteiger partial charge in [-0.1, -0.05) is 17.8 Å². The number of carbonyl (C=O) groups excluding carboxylic acids is 1. The minimum absolute atomic E-state index is 0.193. The van der Waals surface area contributed by atoms with Crippen molar-refractivity contribution in [2.75, 3.05) is 5.32 Å². The van der Waals surface area contributed by atoms with Gasteiger partial charge in [-0.25, -0.2) is 4.79 Å². The molecule has 2 aromatic heterocycles. The maximum absolute atomic E-state index is 12.0. The molecule has 2 aromatic carbocycles. The maximum Gasteiger partial charge on any atom is 0.336 e. The number of anilines is 1. The number of hydrogen-bond donors (Lipinski definition) is 1. The Morgan fingerprint density at radius 3 is 2.73 bits per heavy atom. The minimum atomic E-state index is -0.452. The highest BCUT2D eigenvalue weighted by Gasteiger charge is 2.13. The molecule has 8 nitrogen and oxygen atoms in total. The molecule has 1 amide bonds. The first kappa shape index (κ1) is 19.8. The Morgan fingerprint density at radius 2 is 1.97 bits per heavy atom. The number of aryl methyl sites for hydroxylation is 2. The standard InChI is InChI=1S/C21H19N5O3S/c1-12-4-6-17(8-13(12)2)26-21(23-24-25-26)30-11-15-9-20(28)29-19-10-16(22-14(3)27)5-7-18(15)19/h4-10H,11H2,1-3H3,(H,22,27). The van der Waals surface area contributed by atoms with Crippen molar-refractivity contribution >= 4 is 34.3 Å². The van der Waals surface area contributed by atoms with Crippen molar-refractivity contribution in [3.63, 3.8) is 0 Å². The third-order valence-corrected chi connectivity index (χ3v) is 5.65. The van der Waals surface area contributed by atoms with Crippen LogP contribution in [-0.4, -0.2) is 26.1 Å². The first-order chi connectivity index (χ1) is 14.4.